The second-order valence-corrected chi connectivity index (χ2v) is 5.20. The van der Waals surface area contributed by atoms with Crippen molar-refractivity contribution in [3.63, 3.8) is 0 Å². The highest BCUT2D eigenvalue weighted by Gasteiger charge is 2.04. The van der Waals surface area contributed by atoms with Crippen molar-refractivity contribution in [3.05, 3.63) is 47.9 Å². The maximum atomic E-state index is 5.72. The number of ether oxygens (including phenoxy) is 2. The molecule has 0 spiro atoms. The predicted molar refractivity (Wildman–Crippen MR) is 85.7 cm³/mol. The quantitative estimate of drug-likeness (QED) is 0.568. The van der Waals surface area contributed by atoms with E-state index >= 15 is 0 Å². The van der Waals surface area contributed by atoms with Gasteiger partial charge in [0.2, 0.25) is 0 Å². The summed E-state index contributed by atoms with van der Waals surface area (Å²) < 4.78 is 11.4. The van der Waals surface area contributed by atoms with Crippen molar-refractivity contribution in [2.24, 2.45) is 5.73 Å². The largest absolute Gasteiger partial charge is 0.498 e. The molecular formula is C17H24N2O2. The van der Waals surface area contributed by atoms with Crippen LogP contribution in [0.4, 0.5) is 5.69 Å². The molecule has 4 nitrogen and oxygen atoms in total. The van der Waals surface area contributed by atoms with Gasteiger partial charge in [-0.25, -0.2) is 0 Å². The number of hydrogen-bond donors (Lipinski definition) is 2. The van der Waals surface area contributed by atoms with Crippen LogP contribution in [-0.4, -0.2) is 13.2 Å². The number of hydrogen-bond acceptors (Lipinski definition) is 4. The van der Waals surface area contributed by atoms with Gasteiger partial charge in [-0.2, -0.15) is 0 Å². The Morgan fingerprint density at radius 1 is 0.810 bits per heavy atom. The van der Waals surface area contributed by atoms with E-state index in [2.05, 4.69) is 0 Å². The molecule has 0 bridgehead atoms. The number of allylic oxidation sites excluding steroid dienone is 4. The lowest BCUT2D eigenvalue weighted by molar-refractivity contribution is 0.192. The maximum absolute atomic E-state index is 5.72. The van der Waals surface area contributed by atoms with Crippen LogP contribution in [0.25, 0.3) is 0 Å². The molecule has 2 rings (SSSR count). The Balaban J connectivity index is 1.50. The second-order valence-electron chi connectivity index (χ2n) is 5.20. The van der Waals surface area contributed by atoms with Crippen molar-refractivity contribution in [2.45, 2.75) is 32.1 Å². The molecule has 0 aliphatic heterocycles. The highest BCUT2D eigenvalue weighted by atomic mass is 16.5. The fourth-order valence-corrected chi connectivity index (χ4v) is 2.09. The molecule has 1 aliphatic rings. The van der Waals surface area contributed by atoms with E-state index in [1.807, 2.05) is 36.4 Å². The molecule has 21 heavy (non-hydrogen) atoms. The van der Waals surface area contributed by atoms with Crippen LogP contribution in [0.15, 0.2) is 47.9 Å². The van der Waals surface area contributed by atoms with Crippen LogP contribution in [-0.2, 0) is 4.74 Å². The van der Waals surface area contributed by atoms with Crippen LogP contribution < -0.4 is 16.2 Å². The van der Waals surface area contributed by atoms with Crippen molar-refractivity contribution in [3.8, 4) is 5.75 Å². The van der Waals surface area contributed by atoms with Gasteiger partial charge in [-0.15, -0.1) is 0 Å². The molecule has 1 aromatic carbocycles. The monoisotopic (exact) mass is 288 g/mol. The third-order valence-electron chi connectivity index (χ3n) is 3.37. The van der Waals surface area contributed by atoms with Gasteiger partial charge in [0.05, 0.1) is 19.0 Å². The first-order chi connectivity index (χ1) is 10.2. The first-order valence-electron chi connectivity index (χ1n) is 7.50. The number of nitrogen functional groups attached to an aromatic ring is 1. The van der Waals surface area contributed by atoms with E-state index in [4.69, 9.17) is 20.9 Å². The summed E-state index contributed by atoms with van der Waals surface area (Å²) in [5.74, 6) is 1.92. The number of anilines is 1. The van der Waals surface area contributed by atoms with E-state index in [9.17, 15) is 0 Å². The second kappa shape index (κ2) is 8.25. The molecule has 114 valence electrons. The van der Waals surface area contributed by atoms with Gasteiger partial charge >= 0.3 is 0 Å². The van der Waals surface area contributed by atoms with Gasteiger partial charge in [0, 0.05) is 17.8 Å². The van der Waals surface area contributed by atoms with Crippen molar-refractivity contribution in [1.82, 2.24) is 0 Å². The van der Waals surface area contributed by atoms with Crippen molar-refractivity contribution >= 4 is 5.69 Å². The Morgan fingerprint density at radius 3 is 2.19 bits per heavy atom. The van der Waals surface area contributed by atoms with Crippen LogP contribution in [0.2, 0.25) is 0 Å². The third kappa shape index (κ3) is 5.81. The van der Waals surface area contributed by atoms with Crippen LogP contribution in [0, 0.1) is 0 Å². The molecule has 0 saturated heterocycles. The molecule has 0 heterocycles. The topological polar surface area (TPSA) is 70.5 Å². The van der Waals surface area contributed by atoms with E-state index in [1.165, 1.54) is 0 Å². The fourth-order valence-electron chi connectivity index (χ4n) is 2.09. The molecule has 4 heteroatoms. The minimum Gasteiger partial charge on any atom is -0.498 e. The standard InChI is InChI=1S/C17H24N2O2/c18-14-4-8-16(9-5-14)20-12-2-1-3-13-21-17-10-6-15(19)7-11-17/h4-6,8-10H,1-3,7,11-13,18-19H2. The highest BCUT2D eigenvalue weighted by Crippen LogP contribution is 2.17. The first-order valence-corrected chi connectivity index (χ1v) is 7.50. The van der Waals surface area contributed by atoms with Gasteiger partial charge in [0.15, 0.2) is 0 Å². The summed E-state index contributed by atoms with van der Waals surface area (Å²) in [6, 6.07) is 7.49. The Bertz CT molecular complexity index is 492. The SMILES string of the molecule is NC1=CC=C(OCCCCCOc2ccc(N)cc2)CC1. The Hall–Kier alpha value is -2.10. The zero-order valence-corrected chi connectivity index (χ0v) is 12.4. The van der Waals surface area contributed by atoms with E-state index in [0.717, 1.165) is 68.2 Å². The van der Waals surface area contributed by atoms with Gasteiger partial charge in [0.25, 0.3) is 0 Å². The van der Waals surface area contributed by atoms with Crippen molar-refractivity contribution in [2.75, 3.05) is 18.9 Å². The summed E-state index contributed by atoms with van der Waals surface area (Å²) in [5.41, 5.74) is 13.0. The minimum absolute atomic E-state index is 0.728. The van der Waals surface area contributed by atoms with Gasteiger partial charge in [-0.1, -0.05) is 0 Å². The molecular weight excluding hydrogens is 264 g/mol. The normalized spacial score (nSPS) is 14.3. The van der Waals surface area contributed by atoms with Crippen molar-refractivity contribution < 1.29 is 9.47 Å². The average molecular weight is 288 g/mol. The van der Waals surface area contributed by atoms with Crippen LogP contribution in [0.1, 0.15) is 32.1 Å². The first kappa shape index (κ1) is 15.3. The lowest BCUT2D eigenvalue weighted by Gasteiger charge is -2.13. The zero-order chi connectivity index (χ0) is 14.9. The zero-order valence-electron chi connectivity index (χ0n) is 12.4. The lowest BCUT2D eigenvalue weighted by atomic mass is 10.1. The molecule has 1 aliphatic carbocycles. The fraction of sp³-hybridized carbons (Fsp3) is 0.412. The van der Waals surface area contributed by atoms with Crippen molar-refractivity contribution in [1.29, 1.82) is 0 Å². The third-order valence-corrected chi connectivity index (χ3v) is 3.37. The molecule has 0 aromatic heterocycles. The van der Waals surface area contributed by atoms with Gasteiger partial charge < -0.3 is 20.9 Å². The molecule has 0 radical (unpaired) electrons. The average Bonchev–Trinajstić information content (AvgIpc) is 2.50. The van der Waals surface area contributed by atoms with Crippen LogP contribution in [0.5, 0.6) is 5.75 Å². The molecule has 0 amide bonds. The summed E-state index contributed by atoms with van der Waals surface area (Å²) in [5, 5.41) is 0. The number of rotatable bonds is 8. The van der Waals surface area contributed by atoms with E-state index < -0.39 is 0 Å². The van der Waals surface area contributed by atoms with E-state index in [1.54, 1.807) is 0 Å². The van der Waals surface area contributed by atoms with Gasteiger partial charge in [0.1, 0.15) is 5.75 Å². The molecule has 0 atom stereocenters. The number of nitrogens with two attached hydrogens (primary N) is 2. The highest BCUT2D eigenvalue weighted by molar-refractivity contribution is 5.41. The Labute approximate surface area is 126 Å². The molecule has 0 unspecified atom stereocenters. The minimum atomic E-state index is 0.728. The van der Waals surface area contributed by atoms with Crippen LogP contribution >= 0.6 is 0 Å². The number of unbranched alkanes of at least 4 members (excludes halogenated alkanes) is 2. The molecule has 1 aromatic rings. The number of benzene rings is 1. The Kier molecular flexibility index (Phi) is 6.00. The van der Waals surface area contributed by atoms with E-state index in [-0.39, 0.29) is 0 Å². The smallest absolute Gasteiger partial charge is 0.119 e. The summed E-state index contributed by atoms with van der Waals surface area (Å²) in [6.07, 6.45) is 8.90. The predicted octanol–water partition coefficient (Wildman–Crippen LogP) is 3.35. The molecule has 0 fully saturated rings. The molecule has 4 N–H and O–H groups in total. The van der Waals surface area contributed by atoms with E-state index in [0.29, 0.717) is 0 Å². The summed E-state index contributed by atoms with van der Waals surface area (Å²) in [4.78, 5) is 0. The Morgan fingerprint density at radius 2 is 1.52 bits per heavy atom. The summed E-state index contributed by atoms with van der Waals surface area (Å²) >= 11 is 0. The van der Waals surface area contributed by atoms with Crippen LogP contribution in [0.3, 0.4) is 0 Å². The maximum Gasteiger partial charge on any atom is 0.119 e. The summed E-state index contributed by atoms with van der Waals surface area (Å²) in [7, 11) is 0. The lowest BCUT2D eigenvalue weighted by Crippen LogP contribution is -2.05. The summed E-state index contributed by atoms with van der Waals surface area (Å²) in [6.45, 7) is 1.49. The molecule has 0 saturated carbocycles. The van der Waals surface area contributed by atoms with Gasteiger partial charge in [-0.05, 0) is 62.1 Å². The van der Waals surface area contributed by atoms with Gasteiger partial charge in [-0.3, -0.25) is 0 Å².